The highest BCUT2D eigenvalue weighted by molar-refractivity contribution is 6.13. The molecule has 2 N–H and O–H groups in total. The van der Waals surface area contributed by atoms with Crippen LogP contribution in [-0.2, 0) is 10.2 Å². The average molecular weight is 506 g/mol. The molecule has 0 atom stereocenters. The maximum Gasteiger partial charge on any atom is 0.253 e. The van der Waals surface area contributed by atoms with Gasteiger partial charge in [-0.25, -0.2) is 13.5 Å². The monoisotopic (exact) mass is 505 g/mol. The summed E-state index contributed by atoms with van der Waals surface area (Å²) in [6.45, 7) is 1.82. The number of amides is 2. The molecule has 9 heteroatoms. The van der Waals surface area contributed by atoms with E-state index >= 15 is 0 Å². The first-order chi connectivity index (χ1) is 17.9. The zero-order chi connectivity index (χ0) is 25.7. The molecule has 192 valence electrons. The Hall–Kier alpha value is -3.59. The van der Waals surface area contributed by atoms with E-state index in [2.05, 4.69) is 27.7 Å². The van der Waals surface area contributed by atoms with Gasteiger partial charge in [-0.1, -0.05) is 12.8 Å². The van der Waals surface area contributed by atoms with Crippen molar-refractivity contribution in [3.63, 3.8) is 0 Å². The maximum absolute atomic E-state index is 14.7. The van der Waals surface area contributed by atoms with Crippen molar-refractivity contribution in [2.24, 2.45) is 0 Å². The number of aromatic nitrogens is 2. The minimum Gasteiger partial charge on any atom is -0.349 e. The molecular formula is C28H29F2N5O2. The second-order valence-electron chi connectivity index (χ2n) is 10.5. The summed E-state index contributed by atoms with van der Waals surface area (Å²) in [5.41, 5.74) is 2.42. The lowest BCUT2D eigenvalue weighted by Gasteiger charge is -2.29. The molecule has 0 radical (unpaired) electrons. The third-order valence-electron chi connectivity index (χ3n) is 8.16. The van der Waals surface area contributed by atoms with Gasteiger partial charge in [-0.2, -0.15) is 5.10 Å². The zero-order valence-electron chi connectivity index (χ0n) is 20.7. The highest BCUT2D eigenvalue weighted by atomic mass is 19.1. The summed E-state index contributed by atoms with van der Waals surface area (Å²) >= 11 is 0. The van der Waals surface area contributed by atoms with Crippen LogP contribution in [0.1, 0.15) is 54.4 Å². The SMILES string of the molecule is CN1CCC(NC(=O)c2cc(-c3ccnn3-c3ccc(F)cc3F)cc3c2NC(=O)C32CCCC2)CC1. The number of benzene rings is 2. The van der Waals surface area contributed by atoms with Crippen LogP contribution in [0.25, 0.3) is 16.9 Å². The molecule has 2 aliphatic heterocycles. The molecule has 2 amide bonds. The quantitative estimate of drug-likeness (QED) is 0.551. The van der Waals surface area contributed by atoms with Gasteiger partial charge in [0.05, 0.1) is 28.6 Å². The third kappa shape index (κ3) is 4.01. The summed E-state index contributed by atoms with van der Waals surface area (Å²) in [5.74, 6) is -1.71. The molecule has 1 saturated carbocycles. The van der Waals surface area contributed by atoms with Crippen LogP contribution in [0.4, 0.5) is 14.5 Å². The third-order valence-corrected chi connectivity index (χ3v) is 8.16. The van der Waals surface area contributed by atoms with E-state index in [1.54, 1.807) is 18.3 Å². The van der Waals surface area contributed by atoms with Crippen molar-refractivity contribution in [1.29, 1.82) is 0 Å². The van der Waals surface area contributed by atoms with Crippen molar-refractivity contribution in [3.05, 3.63) is 65.4 Å². The zero-order valence-corrected chi connectivity index (χ0v) is 20.7. The second kappa shape index (κ2) is 9.06. The Kier molecular flexibility index (Phi) is 5.82. The maximum atomic E-state index is 14.7. The molecule has 3 aliphatic rings. The molecule has 2 fully saturated rings. The molecule has 0 unspecified atom stereocenters. The van der Waals surface area contributed by atoms with Crippen LogP contribution in [0, 0.1) is 11.6 Å². The number of hydrogen-bond donors (Lipinski definition) is 2. The number of likely N-dealkylation sites (tertiary alicyclic amines) is 1. The Labute approximate surface area is 213 Å². The first kappa shape index (κ1) is 23.8. The Bertz CT molecular complexity index is 1390. The fourth-order valence-electron chi connectivity index (χ4n) is 6.09. The molecule has 37 heavy (non-hydrogen) atoms. The van der Waals surface area contributed by atoms with Gasteiger partial charge in [0.2, 0.25) is 5.91 Å². The largest absolute Gasteiger partial charge is 0.349 e. The van der Waals surface area contributed by atoms with Crippen molar-refractivity contribution >= 4 is 17.5 Å². The number of carbonyl (C=O) groups excluding carboxylic acids is 2. The first-order valence-electron chi connectivity index (χ1n) is 12.8. The minimum absolute atomic E-state index is 0.0550. The predicted octanol–water partition coefficient (Wildman–Crippen LogP) is 4.41. The predicted molar refractivity (Wildman–Crippen MR) is 136 cm³/mol. The minimum atomic E-state index is -0.740. The van der Waals surface area contributed by atoms with E-state index in [4.69, 9.17) is 0 Å². The Morgan fingerprint density at radius 1 is 1.11 bits per heavy atom. The van der Waals surface area contributed by atoms with Gasteiger partial charge < -0.3 is 15.5 Å². The van der Waals surface area contributed by atoms with E-state index in [0.717, 1.165) is 63.2 Å². The number of nitrogens with zero attached hydrogens (tertiary/aromatic N) is 3. The summed E-state index contributed by atoms with van der Waals surface area (Å²) in [7, 11) is 2.07. The molecule has 1 saturated heterocycles. The Morgan fingerprint density at radius 3 is 2.59 bits per heavy atom. The highest BCUT2D eigenvalue weighted by Crippen LogP contribution is 2.51. The van der Waals surface area contributed by atoms with Crippen LogP contribution >= 0.6 is 0 Å². The van der Waals surface area contributed by atoms with Crippen LogP contribution in [0.5, 0.6) is 0 Å². The lowest BCUT2D eigenvalue weighted by Crippen LogP contribution is -2.43. The van der Waals surface area contributed by atoms with E-state index in [-0.39, 0.29) is 23.5 Å². The topological polar surface area (TPSA) is 79.3 Å². The van der Waals surface area contributed by atoms with Gasteiger partial charge in [0.25, 0.3) is 5.91 Å². The van der Waals surface area contributed by atoms with E-state index < -0.39 is 17.0 Å². The van der Waals surface area contributed by atoms with Crippen molar-refractivity contribution in [1.82, 2.24) is 20.0 Å². The Morgan fingerprint density at radius 2 is 1.86 bits per heavy atom. The van der Waals surface area contributed by atoms with Gasteiger partial charge in [0.15, 0.2) is 5.82 Å². The van der Waals surface area contributed by atoms with Crippen LogP contribution in [0.2, 0.25) is 0 Å². The molecule has 1 spiro atoms. The molecule has 1 aliphatic carbocycles. The summed E-state index contributed by atoms with van der Waals surface area (Å²) in [6, 6.07) is 8.80. The first-order valence-corrected chi connectivity index (χ1v) is 12.8. The van der Waals surface area contributed by atoms with Gasteiger partial charge in [-0.3, -0.25) is 9.59 Å². The second-order valence-corrected chi connectivity index (χ2v) is 10.5. The number of anilines is 1. The van der Waals surface area contributed by atoms with E-state index in [1.807, 2.05) is 6.07 Å². The van der Waals surface area contributed by atoms with E-state index in [9.17, 15) is 18.4 Å². The van der Waals surface area contributed by atoms with Gasteiger partial charge in [-0.15, -0.1) is 0 Å². The van der Waals surface area contributed by atoms with E-state index in [1.165, 1.54) is 16.8 Å². The molecule has 3 aromatic rings. The van der Waals surface area contributed by atoms with Crippen molar-refractivity contribution in [2.75, 3.05) is 25.5 Å². The molecule has 2 aromatic carbocycles. The summed E-state index contributed by atoms with van der Waals surface area (Å²) in [4.78, 5) is 29.1. The normalized spacial score (nSPS) is 19.3. The molecular weight excluding hydrogens is 476 g/mol. The van der Waals surface area contributed by atoms with Gasteiger partial charge >= 0.3 is 0 Å². The molecule has 0 bridgehead atoms. The van der Waals surface area contributed by atoms with Gasteiger partial charge in [-0.05, 0) is 81.7 Å². The molecule has 6 rings (SSSR count). The van der Waals surface area contributed by atoms with Crippen molar-refractivity contribution < 1.29 is 18.4 Å². The number of piperidine rings is 1. The standard InChI is InChI=1S/C28H29F2N5O2/c1-34-12-7-19(8-13-34)32-26(36)20-14-17(15-21-25(20)33-27(37)28(21)9-2-3-10-28)23-6-11-31-35(23)24-5-4-18(29)16-22(24)30/h4-6,11,14-16,19H,2-3,7-10,12-13H2,1H3,(H,32,36)(H,33,37). The van der Waals surface area contributed by atoms with Crippen LogP contribution in [0.15, 0.2) is 42.6 Å². The highest BCUT2D eigenvalue weighted by Gasteiger charge is 2.50. The van der Waals surface area contributed by atoms with E-state index in [0.29, 0.717) is 22.5 Å². The molecule has 1 aromatic heterocycles. The van der Waals surface area contributed by atoms with Crippen LogP contribution in [0.3, 0.4) is 0 Å². The summed E-state index contributed by atoms with van der Waals surface area (Å²) in [6.07, 6.45) is 6.57. The summed E-state index contributed by atoms with van der Waals surface area (Å²) < 4.78 is 29.7. The molecule has 7 nitrogen and oxygen atoms in total. The number of rotatable bonds is 4. The number of fused-ring (bicyclic) bond motifs is 2. The fraction of sp³-hybridized carbons (Fsp3) is 0.393. The van der Waals surface area contributed by atoms with Crippen LogP contribution in [-0.4, -0.2) is 52.7 Å². The number of nitrogens with one attached hydrogen (secondary N) is 2. The fourth-order valence-corrected chi connectivity index (χ4v) is 6.09. The van der Waals surface area contributed by atoms with Crippen molar-refractivity contribution in [3.8, 4) is 16.9 Å². The Balaban J connectivity index is 1.46. The smallest absolute Gasteiger partial charge is 0.253 e. The lowest BCUT2D eigenvalue weighted by molar-refractivity contribution is -0.120. The van der Waals surface area contributed by atoms with Gasteiger partial charge in [0, 0.05) is 17.7 Å². The average Bonchev–Trinajstić information content (AvgIpc) is 3.61. The number of halogens is 2. The summed E-state index contributed by atoms with van der Waals surface area (Å²) in [5, 5.41) is 10.5. The van der Waals surface area contributed by atoms with Gasteiger partial charge in [0.1, 0.15) is 11.5 Å². The number of hydrogen-bond acceptors (Lipinski definition) is 4. The van der Waals surface area contributed by atoms with Crippen LogP contribution < -0.4 is 10.6 Å². The number of carbonyl (C=O) groups is 2. The lowest BCUT2D eigenvalue weighted by atomic mass is 9.78. The molecule has 3 heterocycles. The van der Waals surface area contributed by atoms with Crippen molar-refractivity contribution in [2.45, 2.75) is 50.0 Å².